The van der Waals surface area contributed by atoms with Gasteiger partial charge in [0.05, 0.1) is 13.2 Å². The molecule has 118 valence electrons. The minimum atomic E-state index is 0.136. The Morgan fingerprint density at radius 1 is 1.05 bits per heavy atom. The van der Waals surface area contributed by atoms with Crippen molar-refractivity contribution in [3.8, 4) is 11.5 Å². The van der Waals surface area contributed by atoms with Gasteiger partial charge in [0, 0.05) is 11.8 Å². The van der Waals surface area contributed by atoms with Gasteiger partial charge < -0.3 is 14.8 Å². The second-order valence-electron chi connectivity index (χ2n) is 5.26. The number of para-hydroxylation sites is 1. The molecule has 0 aliphatic carbocycles. The highest BCUT2D eigenvalue weighted by Gasteiger charge is 2.09. The maximum Gasteiger partial charge on any atom is 0.122 e. The topological polar surface area (TPSA) is 30.5 Å². The van der Waals surface area contributed by atoms with Gasteiger partial charge >= 0.3 is 0 Å². The van der Waals surface area contributed by atoms with Crippen LogP contribution in [-0.4, -0.2) is 19.3 Å². The summed E-state index contributed by atoms with van der Waals surface area (Å²) in [4.78, 5) is 0. The second kappa shape index (κ2) is 8.32. The summed E-state index contributed by atoms with van der Waals surface area (Å²) in [5.41, 5.74) is 2.22. The van der Waals surface area contributed by atoms with Crippen LogP contribution in [0.1, 0.15) is 25.8 Å². The average Bonchev–Trinajstić information content (AvgIpc) is 2.54. The van der Waals surface area contributed by atoms with E-state index in [9.17, 15) is 0 Å². The van der Waals surface area contributed by atoms with Crippen molar-refractivity contribution in [3.05, 3.63) is 54.1 Å². The molecule has 0 aliphatic rings. The van der Waals surface area contributed by atoms with Gasteiger partial charge in [-0.15, -0.1) is 0 Å². The van der Waals surface area contributed by atoms with E-state index in [2.05, 4.69) is 25.2 Å². The van der Waals surface area contributed by atoms with E-state index in [-0.39, 0.29) is 6.10 Å². The third kappa shape index (κ3) is 4.69. The zero-order chi connectivity index (χ0) is 15.8. The molecular weight excluding hydrogens is 274 g/mol. The standard InChI is InChI=1S/C19H25NO2/c1-4-17(22-19-12-7-6-9-15(19)3)14-20-16-10-8-11-18(13-16)21-5-2/h6-13,17,20H,4-5,14H2,1-3H3. The van der Waals surface area contributed by atoms with Crippen LogP contribution >= 0.6 is 0 Å². The maximum atomic E-state index is 6.10. The Kier molecular flexibility index (Phi) is 6.13. The Hall–Kier alpha value is -2.16. The highest BCUT2D eigenvalue weighted by molar-refractivity contribution is 5.48. The molecule has 1 atom stereocenters. The van der Waals surface area contributed by atoms with Gasteiger partial charge in [0.2, 0.25) is 0 Å². The molecule has 0 spiro atoms. The van der Waals surface area contributed by atoms with E-state index in [1.165, 1.54) is 5.56 Å². The Morgan fingerprint density at radius 2 is 1.86 bits per heavy atom. The van der Waals surface area contributed by atoms with Gasteiger partial charge in [-0.2, -0.15) is 0 Å². The molecule has 0 aromatic heterocycles. The van der Waals surface area contributed by atoms with Crippen molar-refractivity contribution < 1.29 is 9.47 Å². The van der Waals surface area contributed by atoms with Crippen LogP contribution in [0.15, 0.2) is 48.5 Å². The quantitative estimate of drug-likeness (QED) is 0.768. The molecule has 0 heterocycles. The Morgan fingerprint density at radius 3 is 2.59 bits per heavy atom. The van der Waals surface area contributed by atoms with E-state index >= 15 is 0 Å². The Balaban J connectivity index is 1.93. The number of hydrogen-bond donors (Lipinski definition) is 1. The van der Waals surface area contributed by atoms with E-state index in [1.807, 2.05) is 49.4 Å². The molecule has 3 nitrogen and oxygen atoms in total. The van der Waals surface area contributed by atoms with Crippen molar-refractivity contribution in [3.63, 3.8) is 0 Å². The minimum absolute atomic E-state index is 0.136. The number of nitrogens with one attached hydrogen (secondary N) is 1. The van der Waals surface area contributed by atoms with Gasteiger partial charge in [0.25, 0.3) is 0 Å². The van der Waals surface area contributed by atoms with Crippen molar-refractivity contribution in [2.75, 3.05) is 18.5 Å². The fourth-order valence-corrected chi connectivity index (χ4v) is 2.23. The predicted octanol–water partition coefficient (Wildman–Crippen LogP) is 4.66. The first kappa shape index (κ1) is 16.2. The summed E-state index contributed by atoms with van der Waals surface area (Å²) < 4.78 is 11.6. The minimum Gasteiger partial charge on any atom is -0.494 e. The smallest absolute Gasteiger partial charge is 0.122 e. The highest BCUT2D eigenvalue weighted by atomic mass is 16.5. The third-order valence-corrected chi connectivity index (χ3v) is 3.52. The van der Waals surface area contributed by atoms with Crippen LogP contribution in [0, 0.1) is 6.92 Å². The molecule has 0 aliphatic heterocycles. The lowest BCUT2D eigenvalue weighted by molar-refractivity contribution is 0.208. The molecule has 2 rings (SSSR count). The molecule has 0 saturated heterocycles. The third-order valence-electron chi connectivity index (χ3n) is 3.52. The first-order valence-corrected chi connectivity index (χ1v) is 7.92. The van der Waals surface area contributed by atoms with Crippen molar-refractivity contribution in [1.29, 1.82) is 0 Å². The molecule has 0 saturated carbocycles. The summed E-state index contributed by atoms with van der Waals surface area (Å²) in [7, 11) is 0. The second-order valence-corrected chi connectivity index (χ2v) is 5.26. The average molecular weight is 299 g/mol. The van der Waals surface area contributed by atoms with Gasteiger partial charge in [-0.1, -0.05) is 31.2 Å². The summed E-state index contributed by atoms with van der Waals surface area (Å²) in [6.45, 7) is 7.64. The van der Waals surface area contributed by atoms with Crippen LogP contribution in [-0.2, 0) is 0 Å². The van der Waals surface area contributed by atoms with Crippen LogP contribution in [0.4, 0.5) is 5.69 Å². The highest BCUT2D eigenvalue weighted by Crippen LogP contribution is 2.20. The first-order valence-electron chi connectivity index (χ1n) is 7.92. The summed E-state index contributed by atoms with van der Waals surface area (Å²) in [5.74, 6) is 1.85. The molecule has 3 heteroatoms. The number of benzene rings is 2. The van der Waals surface area contributed by atoms with Crippen LogP contribution in [0.25, 0.3) is 0 Å². The first-order chi connectivity index (χ1) is 10.7. The van der Waals surface area contributed by atoms with Crippen LogP contribution in [0.5, 0.6) is 11.5 Å². The number of aryl methyl sites for hydroxylation is 1. The Labute approximate surface area is 133 Å². The van der Waals surface area contributed by atoms with Crippen LogP contribution < -0.4 is 14.8 Å². The molecule has 0 bridgehead atoms. The molecule has 22 heavy (non-hydrogen) atoms. The monoisotopic (exact) mass is 299 g/mol. The molecule has 1 unspecified atom stereocenters. The number of ether oxygens (including phenoxy) is 2. The van der Waals surface area contributed by atoms with Gasteiger partial charge in [-0.3, -0.25) is 0 Å². The van der Waals surface area contributed by atoms with Gasteiger partial charge in [0.1, 0.15) is 17.6 Å². The summed E-state index contributed by atoms with van der Waals surface area (Å²) in [5, 5.41) is 3.43. The molecule has 2 aromatic rings. The van der Waals surface area contributed by atoms with E-state index < -0.39 is 0 Å². The summed E-state index contributed by atoms with van der Waals surface area (Å²) in [6.07, 6.45) is 1.09. The fraction of sp³-hybridized carbons (Fsp3) is 0.368. The molecule has 0 radical (unpaired) electrons. The zero-order valence-electron chi connectivity index (χ0n) is 13.6. The maximum absolute atomic E-state index is 6.10. The van der Waals surface area contributed by atoms with Crippen LogP contribution in [0.2, 0.25) is 0 Å². The molecule has 0 fully saturated rings. The van der Waals surface area contributed by atoms with Gasteiger partial charge in [0.15, 0.2) is 0 Å². The number of anilines is 1. The van der Waals surface area contributed by atoms with Crippen molar-refractivity contribution in [2.45, 2.75) is 33.3 Å². The van der Waals surface area contributed by atoms with E-state index in [0.717, 1.165) is 30.2 Å². The Bertz CT molecular complexity index is 583. The lowest BCUT2D eigenvalue weighted by Gasteiger charge is -2.20. The number of hydrogen-bond acceptors (Lipinski definition) is 3. The van der Waals surface area contributed by atoms with Crippen LogP contribution in [0.3, 0.4) is 0 Å². The van der Waals surface area contributed by atoms with E-state index in [0.29, 0.717) is 6.61 Å². The van der Waals surface area contributed by atoms with E-state index in [4.69, 9.17) is 9.47 Å². The lowest BCUT2D eigenvalue weighted by Crippen LogP contribution is -2.25. The van der Waals surface area contributed by atoms with Crippen molar-refractivity contribution in [2.24, 2.45) is 0 Å². The molecule has 1 N–H and O–H groups in total. The largest absolute Gasteiger partial charge is 0.494 e. The zero-order valence-corrected chi connectivity index (χ0v) is 13.6. The van der Waals surface area contributed by atoms with Crippen molar-refractivity contribution in [1.82, 2.24) is 0 Å². The normalized spacial score (nSPS) is 11.8. The predicted molar refractivity (Wildman–Crippen MR) is 92.0 cm³/mol. The summed E-state index contributed by atoms with van der Waals surface area (Å²) in [6, 6.07) is 16.2. The fourth-order valence-electron chi connectivity index (χ4n) is 2.23. The molecule has 2 aromatic carbocycles. The SMILES string of the molecule is CCOc1cccc(NCC(CC)Oc2ccccc2C)c1. The number of rotatable bonds is 8. The van der Waals surface area contributed by atoms with E-state index in [1.54, 1.807) is 0 Å². The van der Waals surface area contributed by atoms with Gasteiger partial charge in [-0.05, 0) is 44.0 Å². The molecular formula is C19H25NO2. The van der Waals surface area contributed by atoms with Crippen molar-refractivity contribution >= 4 is 5.69 Å². The lowest BCUT2D eigenvalue weighted by atomic mass is 10.2. The van der Waals surface area contributed by atoms with Gasteiger partial charge in [-0.25, -0.2) is 0 Å². The molecule has 0 amide bonds. The summed E-state index contributed by atoms with van der Waals surface area (Å²) >= 11 is 0.